The van der Waals surface area contributed by atoms with Crippen molar-refractivity contribution >= 4 is 6.47 Å². The van der Waals surface area contributed by atoms with E-state index < -0.39 is 0 Å². The number of rotatable bonds is 4. The van der Waals surface area contributed by atoms with E-state index in [1.807, 2.05) is 13.0 Å². The minimum atomic E-state index is 0.981. The van der Waals surface area contributed by atoms with Gasteiger partial charge < -0.3 is 4.74 Å². The van der Waals surface area contributed by atoms with Crippen LogP contribution in [0.1, 0.15) is 13.3 Å². The average molecular weight is 125 g/mol. The minimum absolute atomic E-state index is 0.981. The van der Waals surface area contributed by atoms with E-state index in [0.29, 0.717) is 0 Å². The quantitative estimate of drug-likeness (QED) is 0.421. The van der Waals surface area contributed by atoms with E-state index in [1.54, 1.807) is 12.2 Å². The van der Waals surface area contributed by atoms with Crippen molar-refractivity contribution in [2.75, 3.05) is 0 Å². The van der Waals surface area contributed by atoms with Crippen molar-refractivity contribution in [2.24, 2.45) is 0 Å². The molecule has 0 rings (SSSR count). The molecule has 1 radical (unpaired) electrons. The SMILES string of the molecule is CCC=CC=CO[C]=O. The van der Waals surface area contributed by atoms with Gasteiger partial charge in [-0.1, -0.05) is 19.1 Å². The summed E-state index contributed by atoms with van der Waals surface area (Å²) in [6.07, 6.45) is 7.64. The largest absolute Gasteiger partial charge is 0.426 e. The van der Waals surface area contributed by atoms with E-state index in [9.17, 15) is 4.79 Å². The number of carbonyl (C=O) groups excluding carboxylic acids is 1. The zero-order valence-electron chi connectivity index (χ0n) is 5.33. The Balaban J connectivity index is 3.23. The highest BCUT2D eigenvalue weighted by molar-refractivity contribution is 5.39. The molecule has 0 aliphatic rings. The van der Waals surface area contributed by atoms with E-state index in [1.165, 1.54) is 12.7 Å². The van der Waals surface area contributed by atoms with Gasteiger partial charge in [0.25, 0.3) is 0 Å². The van der Waals surface area contributed by atoms with Crippen molar-refractivity contribution < 1.29 is 9.53 Å². The van der Waals surface area contributed by atoms with E-state index in [-0.39, 0.29) is 0 Å². The van der Waals surface area contributed by atoms with Gasteiger partial charge in [0.05, 0.1) is 6.26 Å². The molecule has 0 bridgehead atoms. The molecule has 0 amide bonds. The second-order valence-corrected chi connectivity index (χ2v) is 1.37. The highest BCUT2D eigenvalue weighted by atomic mass is 16.5. The molecule has 0 saturated heterocycles. The lowest BCUT2D eigenvalue weighted by Gasteiger charge is -1.76. The van der Waals surface area contributed by atoms with Crippen molar-refractivity contribution in [3.8, 4) is 0 Å². The van der Waals surface area contributed by atoms with Crippen molar-refractivity contribution in [2.45, 2.75) is 13.3 Å². The van der Waals surface area contributed by atoms with Gasteiger partial charge in [-0.3, -0.25) is 0 Å². The summed E-state index contributed by atoms with van der Waals surface area (Å²) in [5.74, 6) is 0. The lowest BCUT2D eigenvalue weighted by Crippen LogP contribution is -1.69. The normalized spacial score (nSPS) is 10.8. The Morgan fingerprint density at radius 1 is 1.56 bits per heavy atom. The first-order chi connectivity index (χ1) is 4.41. The molecular weight excluding hydrogens is 116 g/mol. The Morgan fingerprint density at radius 2 is 2.33 bits per heavy atom. The van der Waals surface area contributed by atoms with Crippen molar-refractivity contribution in [1.29, 1.82) is 0 Å². The van der Waals surface area contributed by atoms with Crippen LogP contribution in [-0.2, 0) is 9.53 Å². The van der Waals surface area contributed by atoms with E-state index in [4.69, 9.17) is 0 Å². The second-order valence-electron chi connectivity index (χ2n) is 1.37. The zero-order valence-corrected chi connectivity index (χ0v) is 5.33. The molecule has 0 aromatic rings. The van der Waals surface area contributed by atoms with Crippen LogP contribution in [0.2, 0.25) is 0 Å². The third-order valence-corrected chi connectivity index (χ3v) is 0.678. The van der Waals surface area contributed by atoms with Gasteiger partial charge in [0.2, 0.25) is 0 Å². The van der Waals surface area contributed by atoms with Crippen LogP contribution in [0, 0.1) is 0 Å². The monoisotopic (exact) mass is 125 g/mol. The van der Waals surface area contributed by atoms with Crippen molar-refractivity contribution in [1.82, 2.24) is 0 Å². The first-order valence-corrected chi connectivity index (χ1v) is 2.76. The first kappa shape index (κ1) is 7.95. The zero-order chi connectivity index (χ0) is 6.95. The molecule has 0 spiro atoms. The van der Waals surface area contributed by atoms with Crippen LogP contribution >= 0.6 is 0 Å². The standard InChI is InChI=1S/C7H9O2/c1-2-3-4-5-6-9-7-8/h3-6H,2H2,1H3. The summed E-state index contributed by atoms with van der Waals surface area (Å²) < 4.78 is 4.14. The Hall–Kier alpha value is -1.05. The smallest absolute Gasteiger partial charge is 0.422 e. The maximum absolute atomic E-state index is 9.41. The predicted molar refractivity (Wildman–Crippen MR) is 35.3 cm³/mol. The summed E-state index contributed by atoms with van der Waals surface area (Å²) in [5.41, 5.74) is 0. The van der Waals surface area contributed by atoms with Gasteiger partial charge in [0, 0.05) is 0 Å². The molecule has 9 heavy (non-hydrogen) atoms. The maximum atomic E-state index is 9.41. The predicted octanol–water partition coefficient (Wildman–Crippen LogP) is 1.55. The summed E-state index contributed by atoms with van der Waals surface area (Å²) in [4.78, 5) is 9.41. The molecule has 0 aromatic carbocycles. The first-order valence-electron chi connectivity index (χ1n) is 2.76. The highest BCUT2D eigenvalue weighted by Gasteiger charge is 1.67. The van der Waals surface area contributed by atoms with E-state index in [0.717, 1.165) is 6.42 Å². The minimum Gasteiger partial charge on any atom is -0.426 e. The molecule has 2 heteroatoms. The number of ether oxygens (including phenoxy) is 1. The highest BCUT2D eigenvalue weighted by Crippen LogP contribution is 1.80. The van der Waals surface area contributed by atoms with E-state index in [2.05, 4.69) is 4.74 Å². The lowest BCUT2D eigenvalue weighted by molar-refractivity contribution is 0.398. The summed E-state index contributed by atoms with van der Waals surface area (Å²) in [5, 5.41) is 0. The van der Waals surface area contributed by atoms with E-state index >= 15 is 0 Å². The number of hydrogen-bond donors (Lipinski definition) is 0. The molecule has 0 aliphatic carbocycles. The second kappa shape index (κ2) is 6.95. The number of allylic oxidation sites excluding steroid dienone is 3. The Labute approximate surface area is 54.8 Å². The van der Waals surface area contributed by atoms with Gasteiger partial charge in [-0.15, -0.1) is 0 Å². The molecule has 0 saturated carbocycles. The summed E-state index contributed by atoms with van der Waals surface area (Å²) >= 11 is 0. The fourth-order valence-corrected chi connectivity index (χ4v) is 0.327. The van der Waals surface area contributed by atoms with Gasteiger partial charge >= 0.3 is 6.47 Å². The summed E-state index contributed by atoms with van der Waals surface area (Å²) in [7, 11) is 0. The van der Waals surface area contributed by atoms with Crippen LogP contribution in [0.3, 0.4) is 0 Å². The third-order valence-electron chi connectivity index (χ3n) is 0.678. The molecule has 0 fully saturated rings. The van der Waals surface area contributed by atoms with Gasteiger partial charge in [-0.25, -0.2) is 4.79 Å². The van der Waals surface area contributed by atoms with Crippen LogP contribution in [0.4, 0.5) is 0 Å². The molecule has 0 atom stereocenters. The fraction of sp³-hybridized carbons (Fsp3) is 0.286. The molecule has 0 unspecified atom stereocenters. The lowest BCUT2D eigenvalue weighted by atomic mass is 10.4. The van der Waals surface area contributed by atoms with Gasteiger partial charge in [-0.05, 0) is 12.5 Å². The van der Waals surface area contributed by atoms with Crippen molar-refractivity contribution in [3.05, 3.63) is 24.5 Å². The molecule has 49 valence electrons. The van der Waals surface area contributed by atoms with Crippen LogP contribution in [-0.4, -0.2) is 6.47 Å². The van der Waals surface area contributed by atoms with Crippen LogP contribution < -0.4 is 0 Å². The molecule has 2 nitrogen and oxygen atoms in total. The van der Waals surface area contributed by atoms with Crippen molar-refractivity contribution in [3.63, 3.8) is 0 Å². The maximum Gasteiger partial charge on any atom is 0.422 e. The van der Waals surface area contributed by atoms with Crippen LogP contribution in [0.5, 0.6) is 0 Å². The third kappa shape index (κ3) is 6.95. The molecule has 0 aromatic heterocycles. The van der Waals surface area contributed by atoms with Gasteiger partial charge in [-0.2, -0.15) is 0 Å². The molecule has 0 aliphatic heterocycles. The Bertz CT molecular complexity index is 114. The fourth-order valence-electron chi connectivity index (χ4n) is 0.327. The molecule has 0 heterocycles. The van der Waals surface area contributed by atoms with Crippen LogP contribution in [0.25, 0.3) is 0 Å². The average Bonchev–Trinajstić information content (AvgIpc) is 1.89. The number of hydrogen-bond acceptors (Lipinski definition) is 2. The van der Waals surface area contributed by atoms with Gasteiger partial charge in [0.15, 0.2) is 0 Å². The summed E-state index contributed by atoms with van der Waals surface area (Å²) in [6.45, 7) is 3.30. The van der Waals surface area contributed by atoms with Crippen LogP contribution in [0.15, 0.2) is 24.5 Å². The molecule has 0 N–H and O–H groups in total. The Morgan fingerprint density at radius 3 is 2.89 bits per heavy atom. The van der Waals surface area contributed by atoms with Gasteiger partial charge in [0.1, 0.15) is 0 Å². The Kier molecular flexibility index (Phi) is 6.14. The summed E-state index contributed by atoms with van der Waals surface area (Å²) in [6, 6.07) is 0. The molecular formula is C7H9O2. The topological polar surface area (TPSA) is 26.3 Å².